The molecule has 22 heavy (non-hydrogen) atoms. The lowest BCUT2D eigenvalue weighted by Crippen LogP contribution is -2.15. The minimum atomic E-state index is -3.66. The summed E-state index contributed by atoms with van der Waals surface area (Å²) < 4.78 is 37.3. The molecule has 0 spiro atoms. The highest BCUT2D eigenvalue weighted by Crippen LogP contribution is 2.35. The summed E-state index contributed by atoms with van der Waals surface area (Å²) in [5.74, 6) is 1.36. The molecule has 1 N–H and O–H groups in total. The minimum absolute atomic E-state index is 0.202. The van der Waals surface area contributed by atoms with Gasteiger partial charge in [0.15, 0.2) is 5.58 Å². The zero-order valence-corrected chi connectivity index (χ0v) is 12.9. The maximum Gasteiger partial charge on any atom is 0.242 e. The zero-order chi connectivity index (χ0) is 15.2. The van der Waals surface area contributed by atoms with Gasteiger partial charge in [-0.15, -0.1) is 0 Å². The number of para-hydroxylation sites is 1. The number of hydrogen-bond donors (Lipinski definition) is 1. The molecule has 1 aliphatic heterocycles. The van der Waals surface area contributed by atoms with E-state index in [9.17, 15) is 8.42 Å². The largest absolute Gasteiger partial charge is 0.356 e. The molecular weight excluding hydrogens is 326 g/mol. The summed E-state index contributed by atoms with van der Waals surface area (Å²) in [6.45, 7) is 0. The van der Waals surface area contributed by atoms with Crippen molar-refractivity contribution in [1.82, 2.24) is 10.3 Å². The minimum Gasteiger partial charge on any atom is -0.356 e. The monoisotopic (exact) mass is 337 g/mol. The van der Waals surface area contributed by atoms with Crippen LogP contribution in [0.1, 0.15) is 17.0 Å². The number of sulfonamides is 1. The van der Waals surface area contributed by atoms with Crippen molar-refractivity contribution in [2.75, 3.05) is 4.72 Å². The summed E-state index contributed by atoms with van der Waals surface area (Å²) in [6, 6.07) is 7.13. The van der Waals surface area contributed by atoms with E-state index in [0.717, 1.165) is 17.0 Å². The maximum atomic E-state index is 12.3. The second kappa shape index (κ2) is 5.03. The highest BCUT2D eigenvalue weighted by Gasteiger charge is 2.26. The molecule has 114 valence electrons. The topological polar surface area (TPSA) is 98.2 Å². The van der Waals surface area contributed by atoms with Crippen molar-refractivity contribution in [2.24, 2.45) is 0 Å². The molecule has 0 radical (unpaired) electrons. The molecule has 0 saturated heterocycles. The molecule has 0 amide bonds. The number of benzene rings is 1. The third-order valence-electron chi connectivity index (χ3n) is 3.38. The normalized spacial score (nSPS) is 14.4. The van der Waals surface area contributed by atoms with Crippen LogP contribution in [0, 0.1) is 0 Å². The summed E-state index contributed by atoms with van der Waals surface area (Å²) in [5, 5.41) is 8.39. The molecule has 3 heterocycles. The van der Waals surface area contributed by atoms with E-state index in [2.05, 4.69) is 15.0 Å². The Bertz CT molecular complexity index is 945. The van der Waals surface area contributed by atoms with Gasteiger partial charge in [-0.25, -0.2) is 8.42 Å². The molecule has 4 rings (SSSR count). The third kappa shape index (κ3) is 2.35. The lowest BCUT2D eigenvalue weighted by Gasteiger charge is -2.04. The van der Waals surface area contributed by atoms with Crippen molar-refractivity contribution >= 4 is 38.6 Å². The fourth-order valence-corrected chi connectivity index (χ4v) is 4.44. The summed E-state index contributed by atoms with van der Waals surface area (Å²) in [5.41, 5.74) is 2.55. The van der Waals surface area contributed by atoms with Crippen molar-refractivity contribution < 1.29 is 17.5 Å². The number of anilines is 1. The fraction of sp³-hybridized carbons (Fsp3) is 0.231. The van der Waals surface area contributed by atoms with E-state index in [0.29, 0.717) is 22.4 Å². The van der Waals surface area contributed by atoms with Gasteiger partial charge in [0.25, 0.3) is 0 Å². The lowest BCUT2D eigenvalue weighted by molar-refractivity contribution is 0.429. The third-order valence-corrected chi connectivity index (χ3v) is 5.50. The van der Waals surface area contributed by atoms with Crippen molar-refractivity contribution in [3.05, 3.63) is 41.2 Å². The van der Waals surface area contributed by atoms with Crippen LogP contribution in [0.25, 0.3) is 11.0 Å². The van der Waals surface area contributed by atoms with Crippen LogP contribution in [0.15, 0.2) is 33.3 Å². The average Bonchev–Trinajstić information content (AvgIpc) is 3.17. The Morgan fingerprint density at radius 3 is 2.95 bits per heavy atom. The number of thioether (sulfide) groups is 1. The Hall–Kier alpha value is -2.00. The number of nitrogens with zero attached hydrogens (tertiary/aromatic N) is 2. The van der Waals surface area contributed by atoms with Gasteiger partial charge >= 0.3 is 0 Å². The van der Waals surface area contributed by atoms with Gasteiger partial charge in [-0.05, 0) is 12.1 Å². The molecule has 0 atom stereocenters. The average molecular weight is 337 g/mol. The molecule has 0 unspecified atom stereocenters. The molecule has 1 aliphatic rings. The van der Waals surface area contributed by atoms with E-state index in [1.54, 1.807) is 30.0 Å². The number of aromatic nitrogens is 2. The second-order valence-electron chi connectivity index (χ2n) is 4.92. The number of fused-ring (bicyclic) bond motifs is 2. The maximum absolute atomic E-state index is 12.3. The molecule has 7 nitrogen and oxygen atoms in total. The predicted molar refractivity (Wildman–Crippen MR) is 81.8 cm³/mol. The summed E-state index contributed by atoms with van der Waals surface area (Å²) in [4.78, 5) is 0. The Morgan fingerprint density at radius 2 is 2.05 bits per heavy atom. The van der Waals surface area contributed by atoms with Crippen molar-refractivity contribution in [2.45, 2.75) is 17.3 Å². The standard InChI is InChI=1S/C13H11N3O4S2/c17-22(18,16-13-9-5-21-6-10(9)14-20-13)7-11-8-3-1-2-4-12(8)19-15-11/h1-4,16H,5-7H2. The molecule has 0 aliphatic carbocycles. The lowest BCUT2D eigenvalue weighted by atomic mass is 10.2. The first kappa shape index (κ1) is 13.6. The molecule has 3 aromatic rings. The first-order valence-corrected chi connectivity index (χ1v) is 9.32. The Balaban J connectivity index is 1.61. The van der Waals surface area contributed by atoms with Crippen LogP contribution < -0.4 is 4.72 Å². The number of hydrogen-bond acceptors (Lipinski definition) is 7. The zero-order valence-electron chi connectivity index (χ0n) is 11.3. The van der Waals surface area contributed by atoms with E-state index in [4.69, 9.17) is 9.05 Å². The van der Waals surface area contributed by atoms with Gasteiger partial charge in [0, 0.05) is 16.9 Å². The van der Waals surface area contributed by atoms with Gasteiger partial charge in [-0.3, -0.25) is 4.72 Å². The van der Waals surface area contributed by atoms with Gasteiger partial charge in [-0.2, -0.15) is 11.8 Å². The first-order valence-electron chi connectivity index (χ1n) is 6.51. The molecule has 1 aromatic carbocycles. The van der Waals surface area contributed by atoms with Crippen LogP contribution in [0.3, 0.4) is 0 Å². The van der Waals surface area contributed by atoms with Gasteiger partial charge in [0.05, 0.1) is 11.3 Å². The first-order chi connectivity index (χ1) is 10.6. The molecule has 9 heteroatoms. The van der Waals surface area contributed by atoms with E-state index in [1.165, 1.54) is 0 Å². The van der Waals surface area contributed by atoms with Crippen LogP contribution in [-0.2, 0) is 27.3 Å². The Morgan fingerprint density at radius 1 is 1.18 bits per heavy atom. The van der Waals surface area contributed by atoms with Gasteiger partial charge < -0.3 is 9.05 Å². The number of rotatable bonds is 4. The van der Waals surface area contributed by atoms with E-state index >= 15 is 0 Å². The van der Waals surface area contributed by atoms with Crippen molar-refractivity contribution in [3.8, 4) is 0 Å². The second-order valence-corrected chi connectivity index (χ2v) is 7.62. The van der Waals surface area contributed by atoms with E-state index in [1.807, 2.05) is 6.07 Å². The van der Waals surface area contributed by atoms with Gasteiger partial charge in [0.1, 0.15) is 11.4 Å². The van der Waals surface area contributed by atoms with Crippen LogP contribution in [0.2, 0.25) is 0 Å². The van der Waals surface area contributed by atoms with Crippen LogP contribution in [0.5, 0.6) is 0 Å². The summed E-state index contributed by atoms with van der Waals surface area (Å²) in [6.07, 6.45) is 0. The Labute approximate surface area is 130 Å². The summed E-state index contributed by atoms with van der Waals surface area (Å²) >= 11 is 1.67. The van der Waals surface area contributed by atoms with Crippen molar-refractivity contribution in [1.29, 1.82) is 0 Å². The highest BCUT2D eigenvalue weighted by molar-refractivity contribution is 7.98. The quantitative estimate of drug-likeness (QED) is 0.781. The molecule has 0 bridgehead atoms. The van der Waals surface area contributed by atoms with E-state index < -0.39 is 10.0 Å². The fourth-order valence-electron chi connectivity index (χ4n) is 2.33. The van der Waals surface area contributed by atoms with Crippen LogP contribution in [0.4, 0.5) is 5.88 Å². The van der Waals surface area contributed by atoms with Crippen LogP contribution in [-0.4, -0.2) is 18.7 Å². The highest BCUT2D eigenvalue weighted by atomic mass is 32.2. The number of nitrogens with one attached hydrogen (secondary N) is 1. The van der Waals surface area contributed by atoms with Gasteiger partial charge in [-0.1, -0.05) is 22.4 Å². The molecule has 2 aromatic heterocycles. The molecule has 0 fully saturated rings. The smallest absolute Gasteiger partial charge is 0.242 e. The van der Waals surface area contributed by atoms with Gasteiger partial charge in [0.2, 0.25) is 15.9 Å². The summed E-state index contributed by atoms with van der Waals surface area (Å²) in [7, 11) is -3.66. The SMILES string of the molecule is O=S(=O)(Cc1noc2ccccc12)Nc1onc2c1CSC2. The van der Waals surface area contributed by atoms with Crippen molar-refractivity contribution in [3.63, 3.8) is 0 Å². The van der Waals surface area contributed by atoms with Crippen LogP contribution >= 0.6 is 11.8 Å². The predicted octanol–water partition coefficient (Wildman–Crippen LogP) is 2.50. The van der Waals surface area contributed by atoms with E-state index in [-0.39, 0.29) is 11.6 Å². The Kier molecular flexibility index (Phi) is 3.12. The molecular formula is C13H11N3O4S2. The molecule has 0 saturated carbocycles.